The minimum absolute atomic E-state index is 0.00796. The highest BCUT2D eigenvalue weighted by Gasteiger charge is 2.30. The number of carbonyl (C=O) groups excluding carboxylic acids is 2. The molecule has 0 fully saturated rings. The van der Waals surface area contributed by atoms with Crippen molar-refractivity contribution >= 4 is 28.9 Å². The highest BCUT2D eigenvalue weighted by atomic mass is 19.4. The molecule has 0 atom stereocenters. The summed E-state index contributed by atoms with van der Waals surface area (Å²) in [5.41, 5.74) is 0.610. The summed E-state index contributed by atoms with van der Waals surface area (Å²) in [4.78, 5) is 23.7. The molecule has 60 heavy (non-hydrogen) atoms. The average molecular weight is 855 g/mol. The summed E-state index contributed by atoms with van der Waals surface area (Å²) in [6, 6.07) is 18.2. The molecule has 0 bridgehead atoms. The van der Waals surface area contributed by atoms with Crippen LogP contribution in [0.2, 0.25) is 0 Å². The molecule has 0 spiro atoms. The first kappa shape index (κ1) is 50.0. The zero-order valence-corrected chi connectivity index (χ0v) is 34.0. The molecule has 0 aromatic heterocycles. The van der Waals surface area contributed by atoms with E-state index >= 15 is 0 Å². The van der Waals surface area contributed by atoms with Crippen LogP contribution >= 0.6 is 0 Å². The lowest BCUT2D eigenvalue weighted by molar-refractivity contribution is -0.137. The third-order valence-electron chi connectivity index (χ3n) is 7.72. The zero-order valence-electron chi connectivity index (χ0n) is 34.0. The Kier molecular flexibility index (Phi) is 26.2. The lowest BCUT2D eigenvalue weighted by Crippen LogP contribution is -2.16. The first-order valence-electron chi connectivity index (χ1n) is 19.6. The summed E-state index contributed by atoms with van der Waals surface area (Å²) in [5, 5.41) is 5.56. The van der Waals surface area contributed by atoms with Crippen LogP contribution in [0.25, 0.3) is 0 Å². The van der Waals surface area contributed by atoms with E-state index in [2.05, 4.69) is 10.6 Å². The van der Waals surface area contributed by atoms with E-state index in [1.54, 1.807) is 42.5 Å². The number of anilines is 3. The van der Waals surface area contributed by atoms with E-state index in [-0.39, 0.29) is 30.4 Å². The monoisotopic (exact) mass is 854 g/mol. The first-order chi connectivity index (χ1) is 29.2. The summed E-state index contributed by atoms with van der Waals surface area (Å²) in [5.74, 6) is -0.0543. The van der Waals surface area contributed by atoms with Gasteiger partial charge in [0.05, 0.1) is 136 Å². The molecule has 0 aliphatic carbocycles. The number of carbonyl (C=O) groups is 2. The van der Waals surface area contributed by atoms with Crippen LogP contribution < -0.4 is 15.4 Å². The van der Waals surface area contributed by atoms with Crippen LogP contribution in [0, 0.1) is 0 Å². The number of ether oxygens (including phenoxy) is 11. The lowest BCUT2D eigenvalue weighted by Gasteiger charge is -2.13. The fourth-order valence-electron chi connectivity index (χ4n) is 4.89. The number of rotatable bonds is 35. The minimum atomic E-state index is -4.48. The molecule has 15 nitrogen and oxygen atoms in total. The number of para-hydroxylation sites is 1. The normalized spacial score (nSPS) is 11.4. The Morgan fingerprint density at radius 2 is 0.933 bits per heavy atom. The Morgan fingerprint density at radius 3 is 1.38 bits per heavy atom. The van der Waals surface area contributed by atoms with Gasteiger partial charge in [0.25, 0.3) is 0 Å². The molecule has 334 valence electrons. The van der Waals surface area contributed by atoms with Gasteiger partial charge < -0.3 is 62.7 Å². The van der Waals surface area contributed by atoms with Crippen molar-refractivity contribution in [2.75, 3.05) is 143 Å². The average Bonchev–Trinajstić information content (AvgIpc) is 3.23. The highest BCUT2D eigenvalue weighted by molar-refractivity contribution is 5.96. The van der Waals surface area contributed by atoms with E-state index in [4.69, 9.17) is 52.1 Å². The van der Waals surface area contributed by atoms with Crippen LogP contribution in [0.4, 0.5) is 30.2 Å². The van der Waals surface area contributed by atoms with E-state index < -0.39 is 17.7 Å². The van der Waals surface area contributed by atoms with Crippen molar-refractivity contribution in [1.29, 1.82) is 0 Å². The molecule has 0 aliphatic rings. The summed E-state index contributed by atoms with van der Waals surface area (Å²) in [6.07, 6.45) is -4.48. The highest BCUT2D eigenvalue weighted by Crippen LogP contribution is 2.32. The van der Waals surface area contributed by atoms with Crippen molar-refractivity contribution in [1.82, 2.24) is 0 Å². The molecule has 0 aliphatic heterocycles. The van der Waals surface area contributed by atoms with Gasteiger partial charge >= 0.3 is 12.1 Å². The molecule has 1 amide bonds. The third kappa shape index (κ3) is 24.0. The molecule has 3 aromatic rings. The van der Waals surface area contributed by atoms with Crippen LogP contribution in [0.5, 0.6) is 5.75 Å². The largest absolute Gasteiger partial charge is 0.491 e. The Balaban J connectivity index is 0.989. The van der Waals surface area contributed by atoms with Gasteiger partial charge in [-0.25, -0.2) is 4.79 Å². The maximum Gasteiger partial charge on any atom is 0.416 e. The molecular formula is C42H57F3N2O13. The smallest absolute Gasteiger partial charge is 0.416 e. The summed E-state index contributed by atoms with van der Waals surface area (Å²) < 4.78 is 99.3. The van der Waals surface area contributed by atoms with Crippen LogP contribution in [0.1, 0.15) is 22.8 Å². The molecule has 0 unspecified atom stereocenters. The van der Waals surface area contributed by atoms with Crippen molar-refractivity contribution in [3.63, 3.8) is 0 Å². The fourth-order valence-corrected chi connectivity index (χ4v) is 4.89. The first-order valence-corrected chi connectivity index (χ1v) is 19.6. The number of amides is 1. The Bertz CT molecular complexity index is 1590. The van der Waals surface area contributed by atoms with Crippen molar-refractivity contribution in [2.45, 2.75) is 13.1 Å². The van der Waals surface area contributed by atoms with Gasteiger partial charge in [-0.15, -0.1) is 0 Å². The van der Waals surface area contributed by atoms with E-state index in [1.807, 2.05) is 0 Å². The molecule has 0 saturated heterocycles. The zero-order chi connectivity index (χ0) is 42.9. The number of esters is 1. The van der Waals surface area contributed by atoms with Gasteiger partial charge in [0, 0.05) is 18.3 Å². The number of alkyl halides is 3. The van der Waals surface area contributed by atoms with Gasteiger partial charge in [-0.3, -0.25) is 4.79 Å². The van der Waals surface area contributed by atoms with Crippen molar-refractivity contribution in [3.8, 4) is 5.75 Å². The minimum Gasteiger partial charge on any atom is -0.491 e. The molecular weight excluding hydrogens is 797 g/mol. The molecule has 3 aromatic carbocycles. The topological polar surface area (TPSA) is 160 Å². The van der Waals surface area contributed by atoms with E-state index in [0.29, 0.717) is 130 Å². The third-order valence-corrected chi connectivity index (χ3v) is 7.72. The van der Waals surface area contributed by atoms with Crippen LogP contribution in [0.3, 0.4) is 0 Å². The van der Waals surface area contributed by atoms with E-state index in [0.717, 1.165) is 17.8 Å². The van der Waals surface area contributed by atoms with Gasteiger partial charge in [0.1, 0.15) is 19.0 Å². The fraction of sp³-hybridized carbons (Fsp3) is 0.524. The van der Waals surface area contributed by atoms with Gasteiger partial charge in [-0.1, -0.05) is 18.2 Å². The number of halogens is 3. The van der Waals surface area contributed by atoms with E-state index in [9.17, 15) is 22.8 Å². The number of hydrogen-bond donors (Lipinski definition) is 2. The van der Waals surface area contributed by atoms with Crippen LogP contribution in [-0.4, -0.2) is 144 Å². The maximum atomic E-state index is 13.1. The molecule has 3 rings (SSSR count). The van der Waals surface area contributed by atoms with Crippen molar-refractivity contribution in [2.24, 2.45) is 0 Å². The van der Waals surface area contributed by atoms with Gasteiger partial charge in [0.2, 0.25) is 5.91 Å². The summed E-state index contributed by atoms with van der Waals surface area (Å²) >= 11 is 0. The lowest BCUT2D eigenvalue weighted by atomic mass is 10.1. The Morgan fingerprint density at radius 1 is 0.500 bits per heavy atom. The molecule has 0 saturated carbocycles. The van der Waals surface area contributed by atoms with Gasteiger partial charge in [-0.2, -0.15) is 13.2 Å². The number of hydrogen-bond acceptors (Lipinski definition) is 14. The molecule has 0 radical (unpaired) electrons. The maximum absolute atomic E-state index is 13.1. The Labute approximate surface area is 348 Å². The SMILES string of the molecule is CC(=O)Nc1ccc(OCCOCCOCCOCCOCCOCCOCCOCCOCCOCCOC(=O)c2ccccc2Nc2cccc(C(F)(F)F)c2)cc1. The van der Waals surface area contributed by atoms with Crippen molar-refractivity contribution in [3.05, 3.63) is 83.9 Å². The predicted molar refractivity (Wildman–Crippen MR) is 215 cm³/mol. The Hall–Kier alpha value is -4.37. The summed E-state index contributed by atoms with van der Waals surface area (Å²) in [6.45, 7) is 9.23. The predicted octanol–water partition coefficient (Wildman–Crippen LogP) is 5.79. The second-order valence-electron chi connectivity index (χ2n) is 12.5. The standard InChI is InChI=1S/C42H57F3N2O13/c1-34(48)46-36-9-11-38(12-10-36)59-31-29-57-27-25-55-23-21-53-19-17-51-15-13-50-14-16-52-18-20-54-22-24-56-26-28-58-30-32-60-41(49)39-7-2-3-8-40(39)47-37-6-4-5-35(33-37)42(43,44)45/h2-12,33,47H,13-32H2,1H3,(H,46,48). The molecule has 0 heterocycles. The van der Waals surface area contributed by atoms with Gasteiger partial charge in [-0.05, 0) is 54.6 Å². The van der Waals surface area contributed by atoms with Crippen LogP contribution in [-0.2, 0) is 58.3 Å². The summed E-state index contributed by atoms with van der Waals surface area (Å²) in [7, 11) is 0. The molecule has 2 N–H and O–H groups in total. The second-order valence-corrected chi connectivity index (χ2v) is 12.5. The van der Waals surface area contributed by atoms with E-state index in [1.165, 1.54) is 25.1 Å². The van der Waals surface area contributed by atoms with Crippen molar-refractivity contribution < 1.29 is 74.9 Å². The molecule has 18 heteroatoms. The second kappa shape index (κ2) is 31.5. The number of benzene rings is 3. The number of nitrogens with one attached hydrogen (secondary N) is 2. The quantitative estimate of drug-likeness (QED) is 0.0541. The van der Waals surface area contributed by atoms with Crippen LogP contribution in [0.15, 0.2) is 72.8 Å². The van der Waals surface area contributed by atoms with Gasteiger partial charge in [0.15, 0.2) is 0 Å².